The van der Waals surface area contributed by atoms with Gasteiger partial charge in [0.25, 0.3) is 0 Å². The summed E-state index contributed by atoms with van der Waals surface area (Å²) in [5.74, 6) is 0.797. The second-order valence-corrected chi connectivity index (χ2v) is 6.55. The van der Waals surface area contributed by atoms with Gasteiger partial charge in [0.05, 0.1) is 6.04 Å². The van der Waals surface area contributed by atoms with Crippen LogP contribution in [0.1, 0.15) is 25.0 Å². The molecule has 0 aliphatic carbocycles. The van der Waals surface area contributed by atoms with E-state index in [1.807, 2.05) is 30.0 Å². The second-order valence-electron chi connectivity index (χ2n) is 6.55. The largest absolute Gasteiger partial charge is 0.353 e. The van der Waals surface area contributed by atoms with E-state index in [0.717, 1.165) is 37.4 Å². The van der Waals surface area contributed by atoms with E-state index < -0.39 is 6.04 Å². The molecule has 7 nitrogen and oxygen atoms in total. The molecule has 0 saturated carbocycles. The number of anilines is 1. The average molecular weight is 359 g/mol. The molecule has 1 atom stereocenters. The first-order valence-corrected chi connectivity index (χ1v) is 9.14. The lowest BCUT2D eigenvalue weighted by molar-refractivity contribution is -0.133. The van der Waals surface area contributed by atoms with Crippen molar-refractivity contribution in [3.8, 4) is 0 Å². The molecular weight excluding hydrogens is 330 g/mol. The number of hydrogen-bond acceptors (Lipinski definition) is 5. The first-order chi connectivity index (χ1) is 12.5. The highest BCUT2D eigenvalue weighted by molar-refractivity contribution is 5.86. The average Bonchev–Trinajstić information content (AvgIpc) is 2.66. The topological polar surface area (TPSA) is 91.6 Å². The molecule has 2 rings (SSSR count). The predicted octanol–water partition coefficient (Wildman–Crippen LogP) is 0.838. The van der Waals surface area contributed by atoms with E-state index in [2.05, 4.69) is 21.8 Å². The van der Waals surface area contributed by atoms with E-state index in [1.54, 1.807) is 0 Å². The highest BCUT2D eigenvalue weighted by Gasteiger charge is 2.25. The van der Waals surface area contributed by atoms with Crippen LogP contribution in [0.15, 0.2) is 30.9 Å². The normalized spacial score (nSPS) is 15.5. The molecule has 26 heavy (non-hydrogen) atoms. The molecule has 1 aliphatic heterocycles. The third-order valence-corrected chi connectivity index (χ3v) is 4.53. The van der Waals surface area contributed by atoms with Gasteiger partial charge in [-0.15, -0.1) is 0 Å². The van der Waals surface area contributed by atoms with Gasteiger partial charge in [0.1, 0.15) is 5.82 Å². The van der Waals surface area contributed by atoms with Gasteiger partial charge < -0.3 is 20.9 Å². The summed E-state index contributed by atoms with van der Waals surface area (Å²) >= 11 is 0. The summed E-state index contributed by atoms with van der Waals surface area (Å²) in [5, 5.41) is 2.72. The smallest absolute Gasteiger partial charge is 0.243 e. The Hall–Kier alpha value is -2.41. The monoisotopic (exact) mass is 359 g/mol. The van der Waals surface area contributed by atoms with Crippen LogP contribution in [0.4, 0.5) is 5.82 Å². The Bertz CT molecular complexity index is 626. The maximum Gasteiger partial charge on any atom is 0.243 e. The van der Waals surface area contributed by atoms with Gasteiger partial charge in [-0.3, -0.25) is 9.59 Å². The van der Waals surface area contributed by atoms with Crippen LogP contribution in [-0.2, 0) is 9.59 Å². The van der Waals surface area contributed by atoms with Gasteiger partial charge in [0, 0.05) is 38.4 Å². The zero-order chi connectivity index (χ0) is 18.9. The van der Waals surface area contributed by atoms with Crippen molar-refractivity contribution >= 4 is 17.6 Å². The minimum Gasteiger partial charge on any atom is -0.353 e. The summed E-state index contributed by atoms with van der Waals surface area (Å²) in [4.78, 5) is 32.1. The molecule has 7 heteroatoms. The van der Waals surface area contributed by atoms with Gasteiger partial charge in [-0.1, -0.05) is 12.6 Å². The van der Waals surface area contributed by atoms with E-state index >= 15 is 0 Å². The van der Waals surface area contributed by atoms with Crippen molar-refractivity contribution in [1.29, 1.82) is 0 Å². The third-order valence-electron chi connectivity index (χ3n) is 4.53. The highest BCUT2D eigenvalue weighted by Crippen LogP contribution is 2.15. The SMILES string of the molecule is C=CC(=O)NCCCC[C@H](N)C(=O)N1CCN(c2cccc(C)n2)CC1. The lowest BCUT2D eigenvalue weighted by atomic mass is 10.1. The number of pyridine rings is 1. The summed E-state index contributed by atoms with van der Waals surface area (Å²) in [6.07, 6.45) is 3.48. The summed E-state index contributed by atoms with van der Waals surface area (Å²) in [7, 11) is 0. The minimum atomic E-state index is -0.478. The van der Waals surface area contributed by atoms with Crippen LogP contribution < -0.4 is 16.0 Å². The molecule has 1 aromatic rings. The number of carbonyl (C=O) groups excluding carboxylic acids is 2. The molecule has 0 unspecified atom stereocenters. The van der Waals surface area contributed by atoms with Crippen molar-refractivity contribution in [3.63, 3.8) is 0 Å². The Morgan fingerprint density at radius 3 is 2.69 bits per heavy atom. The summed E-state index contributed by atoms with van der Waals surface area (Å²) < 4.78 is 0. The lowest BCUT2D eigenvalue weighted by Crippen LogP contribution is -2.53. The Morgan fingerprint density at radius 1 is 1.31 bits per heavy atom. The molecule has 1 aliphatic rings. The number of nitrogens with one attached hydrogen (secondary N) is 1. The van der Waals surface area contributed by atoms with Crippen LogP contribution in [0.3, 0.4) is 0 Å². The van der Waals surface area contributed by atoms with Crippen LogP contribution in [0.5, 0.6) is 0 Å². The Kier molecular flexibility index (Phi) is 7.59. The number of aromatic nitrogens is 1. The number of nitrogens with two attached hydrogens (primary N) is 1. The first-order valence-electron chi connectivity index (χ1n) is 9.14. The van der Waals surface area contributed by atoms with Crippen molar-refractivity contribution in [2.45, 2.75) is 32.2 Å². The minimum absolute atomic E-state index is 0.0111. The molecule has 0 spiro atoms. The number of hydrogen-bond donors (Lipinski definition) is 2. The van der Waals surface area contributed by atoms with Crippen LogP contribution in [0.2, 0.25) is 0 Å². The molecule has 0 aromatic carbocycles. The van der Waals surface area contributed by atoms with Crippen molar-refractivity contribution in [1.82, 2.24) is 15.2 Å². The predicted molar refractivity (Wildman–Crippen MR) is 103 cm³/mol. The van der Waals surface area contributed by atoms with Gasteiger partial charge in [-0.05, 0) is 44.4 Å². The Morgan fingerprint density at radius 2 is 2.04 bits per heavy atom. The zero-order valence-corrected chi connectivity index (χ0v) is 15.5. The molecule has 1 fully saturated rings. The number of piperazine rings is 1. The van der Waals surface area contributed by atoms with Crippen LogP contribution in [0.25, 0.3) is 0 Å². The molecule has 0 bridgehead atoms. The fraction of sp³-hybridized carbons (Fsp3) is 0.526. The number of nitrogens with zero attached hydrogens (tertiary/aromatic N) is 3. The van der Waals surface area contributed by atoms with E-state index in [-0.39, 0.29) is 11.8 Å². The van der Waals surface area contributed by atoms with Crippen LogP contribution >= 0.6 is 0 Å². The molecule has 1 aromatic heterocycles. The number of amides is 2. The van der Waals surface area contributed by atoms with E-state index in [1.165, 1.54) is 6.08 Å². The van der Waals surface area contributed by atoms with Crippen molar-refractivity contribution in [3.05, 3.63) is 36.5 Å². The maximum atomic E-state index is 12.5. The van der Waals surface area contributed by atoms with Crippen molar-refractivity contribution in [2.24, 2.45) is 5.73 Å². The van der Waals surface area contributed by atoms with Gasteiger partial charge >= 0.3 is 0 Å². The van der Waals surface area contributed by atoms with Crippen LogP contribution in [0, 0.1) is 6.92 Å². The van der Waals surface area contributed by atoms with E-state index in [9.17, 15) is 9.59 Å². The van der Waals surface area contributed by atoms with E-state index in [0.29, 0.717) is 26.1 Å². The molecule has 1 saturated heterocycles. The van der Waals surface area contributed by atoms with Gasteiger partial charge in [0.2, 0.25) is 11.8 Å². The van der Waals surface area contributed by atoms with E-state index in [4.69, 9.17) is 5.73 Å². The zero-order valence-electron chi connectivity index (χ0n) is 15.5. The van der Waals surface area contributed by atoms with Crippen LogP contribution in [-0.4, -0.2) is 60.5 Å². The summed E-state index contributed by atoms with van der Waals surface area (Å²) in [6, 6.07) is 5.50. The fourth-order valence-corrected chi connectivity index (χ4v) is 2.99. The summed E-state index contributed by atoms with van der Waals surface area (Å²) in [5.41, 5.74) is 7.05. The Balaban J connectivity index is 1.70. The molecule has 142 valence electrons. The molecular formula is C19H29N5O2. The van der Waals surface area contributed by atoms with Gasteiger partial charge in [0.15, 0.2) is 0 Å². The lowest BCUT2D eigenvalue weighted by Gasteiger charge is -2.36. The second kappa shape index (κ2) is 9.91. The van der Waals surface area contributed by atoms with Gasteiger partial charge in [-0.25, -0.2) is 4.98 Å². The molecule has 2 heterocycles. The molecule has 2 amide bonds. The Labute approximate surface area is 155 Å². The highest BCUT2D eigenvalue weighted by atomic mass is 16.2. The van der Waals surface area contributed by atoms with Crippen molar-refractivity contribution in [2.75, 3.05) is 37.6 Å². The van der Waals surface area contributed by atoms with Crippen molar-refractivity contribution < 1.29 is 9.59 Å². The maximum absolute atomic E-state index is 12.5. The molecule has 0 radical (unpaired) electrons. The number of aryl methyl sites for hydroxylation is 1. The summed E-state index contributed by atoms with van der Waals surface area (Å²) in [6.45, 7) is 8.82. The first kappa shape index (κ1) is 19.9. The quantitative estimate of drug-likeness (QED) is 0.530. The number of carbonyl (C=O) groups is 2. The number of rotatable bonds is 8. The standard InChI is InChI=1S/C19H29N5O2/c1-3-18(25)21-10-5-4-8-16(20)19(26)24-13-11-23(12-14-24)17-9-6-7-15(2)22-17/h3,6-7,9,16H,1,4-5,8,10-14,20H2,2H3,(H,21,25)/t16-/m0/s1. The number of unbranched alkanes of at least 4 members (excludes halogenated alkanes) is 1. The third kappa shape index (κ3) is 5.84. The van der Waals surface area contributed by atoms with Gasteiger partial charge in [-0.2, -0.15) is 0 Å². The molecule has 3 N–H and O–H groups in total. The fourth-order valence-electron chi connectivity index (χ4n) is 2.99.